The number of aromatic amines is 1. The minimum absolute atomic E-state index is 0.0198. The van der Waals surface area contributed by atoms with Gasteiger partial charge in [0.05, 0.1) is 12.8 Å². The van der Waals surface area contributed by atoms with Crippen LogP contribution in [0.25, 0.3) is 0 Å². The molecule has 1 aromatic heterocycles. The van der Waals surface area contributed by atoms with Gasteiger partial charge in [-0.05, 0) is 6.42 Å². The molecule has 0 fully saturated rings. The minimum Gasteiger partial charge on any atom is -0.392 e. The van der Waals surface area contributed by atoms with E-state index in [0.717, 1.165) is 12.8 Å². The van der Waals surface area contributed by atoms with Gasteiger partial charge in [0.1, 0.15) is 0 Å². The number of sulfonamides is 1. The highest BCUT2D eigenvalue weighted by Gasteiger charge is 2.24. The first-order valence-corrected chi connectivity index (χ1v) is 6.57. The van der Waals surface area contributed by atoms with Gasteiger partial charge in [0.25, 0.3) is 10.0 Å². The summed E-state index contributed by atoms with van der Waals surface area (Å²) in [5.74, 6) is 0. The van der Waals surface area contributed by atoms with Gasteiger partial charge in [-0.3, -0.25) is 5.10 Å². The summed E-state index contributed by atoms with van der Waals surface area (Å²) < 4.78 is 25.3. The van der Waals surface area contributed by atoms with Crippen LogP contribution in [-0.2, 0) is 16.6 Å². The normalized spacial score (nSPS) is 12.2. The van der Waals surface area contributed by atoms with Gasteiger partial charge >= 0.3 is 0 Å². The Morgan fingerprint density at radius 1 is 1.56 bits per heavy atom. The number of H-pyrrole nitrogens is 1. The van der Waals surface area contributed by atoms with Crippen LogP contribution in [0.2, 0.25) is 0 Å². The molecular weight excluding hydrogens is 230 g/mol. The summed E-state index contributed by atoms with van der Waals surface area (Å²) >= 11 is 0. The van der Waals surface area contributed by atoms with E-state index in [1.54, 1.807) is 0 Å². The Bertz CT molecular complexity index is 427. The van der Waals surface area contributed by atoms with Crippen molar-refractivity contribution in [2.75, 3.05) is 13.6 Å². The first-order valence-electron chi connectivity index (χ1n) is 5.13. The van der Waals surface area contributed by atoms with E-state index in [9.17, 15) is 8.42 Å². The first-order chi connectivity index (χ1) is 7.54. The molecule has 0 bridgehead atoms. The molecule has 0 saturated carbocycles. The smallest absolute Gasteiger partial charge is 0.260 e. The summed E-state index contributed by atoms with van der Waals surface area (Å²) in [7, 11) is -2.03. The first kappa shape index (κ1) is 13.1. The predicted molar refractivity (Wildman–Crippen MR) is 59.2 cm³/mol. The molecule has 1 rings (SSSR count). The van der Waals surface area contributed by atoms with Crippen LogP contribution >= 0.6 is 0 Å². The Kier molecular flexibility index (Phi) is 4.45. The molecule has 0 radical (unpaired) electrons. The molecule has 0 amide bonds. The maximum atomic E-state index is 12.0. The summed E-state index contributed by atoms with van der Waals surface area (Å²) in [5, 5.41) is 15.0. The Labute approximate surface area is 95.3 Å². The van der Waals surface area contributed by atoms with Gasteiger partial charge in [0.15, 0.2) is 5.03 Å². The molecule has 0 saturated heterocycles. The molecule has 1 heterocycles. The maximum absolute atomic E-state index is 12.0. The molecular formula is C9H17N3O3S. The Morgan fingerprint density at radius 3 is 2.81 bits per heavy atom. The average Bonchev–Trinajstić information content (AvgIpc) is 2.74. The van der Waals surface area contributed by atoms with E-state index in [-0.39, 0.29) is 11.6 Å². The van der Waals surface area contributed by atoms with Crippen molar-refractivity contribution in [3.63, 3.8) is 0 Å². The van der Waals surface area contributed by atoms with Crippen molar-refractivity contribution in [1.29, 1.82) is 0 Å². The average molecular weight is 247 g/mol. The molecule has 16 heavy (non-hydrogen) atoms. The zero-order valence-electron chi connectivity index (χ0n) is 9.47. The molecule has 0 aliphatic heterocycles. The lowest BCUT2D eigenvalue weighted by Crippen LogP contribution is -2.29. The van der Waals surface area contributed by atoms with Gasteiger partial charge in [-0.15, -0.1) is 0 Å². The largest absolute Gasteiger partial charge is 0.392 e. The number of nitrogens with zero attached hydrogens (tertiary/aromatic N) is 2. The number of nitrogens with one attached hydrogen (secondary N) is 1. The summed E-state index contributed by atoms with van der Waals surface area (Å²) in [5.41, 5.74) is 0.295. The van der Waals surface area contributed by atoms with Crippen molar-refractivity contribution in [3.05, 3.63) is 11.8 Å². The molecule has 0 unspecified atom stereocenters. The lowest BCUT2D eigenvalue weighted by Gasteiger charge is -2.16. The SMILES string of the molecule is CCCCN(C)S(=O)(=O)c1[nH]ncc1CO. The molecule has 1 aromatic rings. The van der Waals surface area contributed by atoms with E-state index < -0.39 is 10.0 Å². The lowest BCUT2D eigenvalue weighted by molar-refractivity contribution is 0.278. The summed E-state index contributed by atoms with van der Waals surface area (Å²) in [6.45, 7) is 2.12. The fraction of sp³-hybridized carbons (Fsp3) is 0.667. The van der Waals surface area contributed by atoms with Crippen LogP contribution in [0.15, 0.2) is 11.2 Å². The van der Waals surface area contributed by atoms with Crippen LogP contribution in [-0.4, -0.2) is 41.6 Å². The highest BCUT2D eigenvalue weighted by atomic mass is 32.2. The lowest BCUT2D eigenvalue weighted by atomic mass is 10.3. The zero-order valence-corrected chi connectivity index (χ0v) is 10.3. The molecule has 0 aromatic carbocycles. The van der Waals surface area contributed by atoms with E-state index in [0.29, 0.717) is 12.1 Å². The van der Waals surface area contributed by atoms with Gasteiger partial charge in [-0.1, -0.05) is 13.3 Å². The third-order valence-corrected chi connectivity index (χ3v) is 4.22. The van der Waals surface area contributed by atoms with Gasteiger partial charge in [0.2, 0.25) is 0 Å². The molecule has 0 atom stereocenters. The summed E-state index contributed by atoms with van der Waals surface area (Å²) in [4.78, 5) is 0. The highest BCUT2D eigenvalue weighted by molar-refractivity contribution is 7.89. The molecule has 0 aliphatic carbocycles. The van der Waals surface area contributed by atoms with Crippen LogP contribution in [0.5, 0.6) is 0 Å². The zero-order chi connectivity index (χ0) is 12.2. The summed E-state index contributed by atoms with van der Waals surface area (Å²) in [6.07, 6.45) is 3.05. The number of hydrogen-bond donors (Lipinski definition) is 2. The molecule has 0 spiro atoms. The minimum atomic E-state index is -3.56. The van der Waals surface area contributed by atoms with Crippen LogP contribution in [0, 0.1) is 0 Å². The van der Waals surface area contributed by atoms with Crippen LogP contribution in [0.4, 0.5) is 0 Å². The number of rotatable bonds is 6. The molecule has 6 nitrogen and oxygen atoms in total. The number of aliphatic hydroxyl groups is 1. The van der Waals surface area contributed by atoms with E-state index in [1.165, 1.54) is 17.5 Å². The number of aliphatic hydroxyl groups excluding tert-OH is 1. The third kappa shape index (κ3) is 2.60. The molecule has 92 valence electrons. The summed E-state index contributed by atoms with van der Waals surface area (Å²) in [6, 6.07) is 0. The van der Waals surface area contributed by atoms with Gasteiger partial charge in [-0.25, -0.2) is 8.42 Å². The highest BCUT2D eigenvalue weighted by Crippen LogP contribution is 2.16. The number of aromatic nitrogens is 2. The van der Waals surface area contributed by atoms with Crippen molar-refractivity contribution in [2.45, 2.75) is 31.4 Å². The monoisotopic (exact) mass is 247 g/mol. The van der Waals surface area contributed by atoms with Crippen molar-refractivity contribution < 1.29 is 13.5 Å². The van der Waals surface area contributed by atoms with Crippen molar-refractivity contribution in [2.24, 2.45) is 0 Å². The van der Waals surface area contributed by atoms with Crippen LogP contribution in [0.1, 0.15) is 25.3 Å². The van der Waals surface area contributed by atoms with Crippen LogP contribution < -0.4 is 0 Å². The van der Waals surface area contributed by atoms with Crippen LogP contribution in [0.3, 0.4) is 0 Å². The topological polar surface area (TPSA) is 86.3 Å². The van der Waals surface area contributed by atoms with E-state index in [1.807, 2.05) is 6.92 Å². The van der Waals surface area contributed by atoms with Gasteiger partial charge in [0, 0.05) is 19.2 Å². The van der Waals surface area contributed by atoms with Gasteiger partial charge < -0.3 is 5.11 Å². The second kappa shape index (κ2) is 5.42. The van der Waals surface area contributed by atoms with Crippen molar-refractivity contribution in [3.8, 4) is 0 Å². The molecule has 2 N–H and O–H groups in total. The van der Waals surface area contributed by atoms with E-state index in [2.05, 4.69) is 10.2 Å². The number of hydrogen-bond acceptors (Lipinski definition) is 4. The predicted octanol–water partition coefficient (Wildman–Crippen LogP) is 0.323. The standard InChI is InChI=1S/C9H17N3O3S/c1-3-4-5-12(2)16(14,15)9-8(7-13)6-10-11-9/h6,13H,3-5,7H2,1-2H3,(H,10,11). The van der Waals surface area contributed by atoms with E-state index >= 15 is 0 Å². The van der Waals surface area contributed by atoms with Gasteiger partial charge in [-0.2, -0.15) is 9.40 Å². The molecule has 0 aliphatic rings. The Morgan fingerprint density at radius 2 is 2.25 bits per heavy atom. The second-order valence-electron chi connectivity index (χ2n) is 3.56. The fourth-order valence-corrected chi connectivity index (χ4v) is 2.59. The van der Waals surface area contributed by atoms with Crippen molar-refractivity contribution in [1.82, 2.24) is 14.5 Å². The van der Waals surface area contributed by atoms with Crippen molar-refractivity contribution >= 4 is 10.0 Å². The fourth-order valence-electron chi connectivity index (χ4n) is 1.29. The molecule has 7 heteroatoms. The maximum Gasteiger partial charge on any atom is 0.260 e. The third-order valence-electron chi connectivity index (χ3n) is 2.34. The Hall–Kier alpha value is -0.920. The number of unbranched alkanes of at least 4 members (excludes halogenated alkanes) is 1. The van der Waals surface area contributed by atoms with E-state index in [4.69, 9.17) is 5.11 Å². The Balaban J connectivity index is 2.93. The second-order valence-corrected chi connectivity index (χ2v) is 5.54. The quantitative estimate of drug-likeness (QED) is 0.758.